The van der Waals surface area contributed by atoms with Crippen LogP contribution in [-0.2, 0) is 17.6 Å². The van der Waals surface area contributed by atoms with Crippen molar-refractivity contribution in [1.29, 1.82) is 0 Å². The van der Waals surface area contributed by atoms with Gasteiger partial charge in [-0.05, 0) is 46.1 Å². The van der Waals surface area contributed by atoms with Gasteiger partial charge in [0, 0.05) is 18.2 Å². The number of hydrogen-bond donors (Lipinski definition) is 2. The van der Waals surface area contributed by atoms with E-state index in [4.69, 9.17) is 13.9 Å². The molecule has 1 atom stereocenters. The molecule has 3 rings (SSSR count). The molecule has 28 heavy (non-hydrogen) atoms. The summed E-state index contributed by atoms with van der Waals surface area (Å²) in [4.78, 5) is 24.8. The van der Waals surface area contributed by atoms with Gasteiger partial charge in [-0.15, -0.1) is 0 Å². The van der Waals surface area contributed by atoms with Crippen LogP contribution >= 0.6 is 0 Å². The Morgan fingerprint density at radius 2 is 2.14 bits per heavy atom. The molecule has 1 aliphatic heterocycles. The van der Waals surface area contributed by atoms with Crippen molar-refractivity contribution in [3.05, 3.63) is 33.2 Å². The number of amides is 1. The van der Waals surface area contributed by atoms with E-state index in [2.05, 4.69) is 5.32 Å². The first-order chi connectivity index (χ1) is 13.1. The lowest BCUT2D eigenvalue weighted by Crippen LogP contribution is -2.33. The molecule has 1 aromatic heterocycles. The van der Waals surface area contributed by atoms with Gasteiger partial charge in [-0.2, -0.15) is 0 Å². The van der Waals surface area contributed by atoms with Gasteiger partial charge >= 0.3 is 5.63 Å². The number of ether oxygens (including phenoxy) is 2. The van der Waals surface area contributed by atoms with E-state index >= 15 is 0 Å². The first kappa shape index (κ1) is 20.2. The van der Waals surface area contributed by atoms with Crippen molar-refractivity contribution >= 4 is 16.9 Å². The molecule has 0 bridgehead atoms. The van der Waals surface area contributed by atoms with Crippen molar-refractivity contribution in [2.45, 2.75) is 58.7 Å². The number of aliphatic hydroxyl groups excluding tert-OH is 1. The predicted molar refractivity (Wildman–Crippen MR) is 105 cm³/mol. The van der Waals surface area contributed by atoms with E-state index in [1.165, 1.54) is 0 Å². The average Bonchev–Trinajstić information content (AvgIpc) is 2.61. The quantitative estimate of drug-likeness (QED) is 0.761. The average molecular weight is 389 g/mol. The maximum Gasteiger partial charge on any atom is 0.340 e. The molecule has 1 amide bonds. The minimum atomic E-state index is -0.658. The van der Waals surface area contributed by atoms with Crippen LogP contribution in [0.5, 0.6) is 11.5 Å². The van der Waals surface area contributed by atoms with Gasteiger partial charge in [-0.1, -0.05) is 0 Å². The maximum absolute atomic E-state index is 12.7. The highest BCUT2D eigenvalue weighted by molar-refractivity contribution is 5.93. The summed E-state index contributed by atoms with van der Waals surface area (Å²) in [7, 11) is 1.55. The van der Waals surface area contributed by atoms with E-state index in [0.29, 0.717) is 28.0 Å². The third-order valence-electron chi connectivity index (χ3n) is 5.09. The summed E-state index contributed by atoms with van der Waals surface area (Å²) < 4.78 is 17.3. The lowest BCUT2D eigenvalue weighted by Gasteiger charge is -2.33. The molecule has 7 heteroatoms. The number of hydrogen-bond acceptors (Lipinski definition) is 6. The SMILES string of the molecule is COc1cc2c(c3oc(=O)c(CC(=O)NC[C@@H](C)O)c(C)c13)CCC(C)(C)O2. The second-order valence-electron chi connectivity index (χ2n) is 7.94. The molecular formula is C21H27NO6. The predicted octanol–water partition coefficient (Wildman–Crippen LogP) is 2.25. The van der Waals surface area contributed by atoms with Gasteiger partial charge in [0.1, 0.15) is 22.7 Å². The van der Waals surface area contributed by atoms with Gasteiger partial charge in [-0.3, -0.25) is 4.79 Å². The number of rotatable bonds is 5. The van der Waals surface area contributed by atoms with Crippen molar-refractivity contribution < 1.29 is 23.8 Å². The minimum Gasteiger partial charge on any atom is -0.496 e. The van der Waals surface area contributed by atoms with Gasteiger partial charge in [0.05, 0.1) is 30.6 Å². The fourth-order valence-corrected chi connectivity index (χ4v) is 3.53. The van der Waals surface area contributed by atoms with Crippen molar-refractivity contribution in [2.75, 3.05) is 13.7 Å². The van der Waals surface area contributed by atoms with Crippen molar-refractivity contribution in [3.63, 3.8) is 0 Å². The zero-order chi connectivity index (χ0) is 20.6. The van der Waals surface area contributed by atoms with E-state index < -0.39 is 11.7 Å². The number of benzene rings is 1. The molecule has 0 radical (unpaired) electrons. The van der Waals surface area contributed by atoms with Crippen LogP contribution in [0.2, 0.25) is 0 Å². The van der Waals surface area contributed by atoms with Crippen LogP contribution in [0.4, 0.5) is 0 Å². The number of methoxy groups -OCH3 is 1. The van der Waals surface area contributed by atoms with E-state index in [1.807, 2.05) is 19.9 Å². The lowest BCUT2D eigenvalue weighted by atomic mass is 9.91. The molecule has 0 saturated heterocycles. The number of aryl methyl sites for hydroxylation is 2. The van der Waals surface area contributed by atoms with Crippen molar-refractivity contribution in [2.24, 2.45) is 0 Å². The van der Waals surface area contributed by atoms with Gasteiger partial charge in [0.2, 0.25) is 5.91 Å². The van der Waals surface area contributed by atoms with Gasteiger partial charge < -0.3 is 24.3 Å². The van der Waals surface area contributed by atoms with Gasteiger partial charge in [0.15, 0.2) is 0 Å². The fourth-order valence-electron chi connectivity index (χ4n) is 3.53. The van der Waals surface area contributed by atoms with Crippen LogP contribution < -0.4 is 20.4 Å². The molecule has 2 aromatic rings. The number of fused-ring (bicyclic) bond motifs is 3. The Hall–Kier alpha value is -2.54. The van der Waals surface area contributed by atoms with Crippen LogP contribution in [0.25, 0.3) is 11.0 Å². The summed E-state index contributed by atoms with van der Waals surface area (Å²) in [5.41, 5.74) is 1.40. The summed E-state index contributed by atoms with van der Waals surface area (Å²) in [6, 6.07) is 1.82. The monoisotopic (exact) mass is 389 g/mol. The second kappa shape index (κ2) is 7.47. The molecule has 2 N–H and O–H groups in total. The summed E-state index contributed by atoms with van der Waals surface area (Å²) in [5.74, 6) is 0.849. The molecule has 0 saturated carbocycles. The fraction of sp³-hybridized carbons (Fsp3) is 0.524. The van der Waals surface area contributed by atoms with Gasteiger partial charge in [-0.25, -0.2) is 4.79 Å². The zero-order valence-electron chi connectivity index (χ0n) is 17.0. The van der Waals surface area contributed by atoms with Crippen LogP contribution in [0.1, 0.15) is 43.9 Å². The Labute approximate surface area is 163 Å². The van der Waals surface area contributed by atoms with E-state index in [0.717, 1.165) is 18.4 Å². The minimum absolute atomic E-state index is 0.124. The Bertz CT molecular complexity index is 973. The van der Waals surface area contributed by atoms with E-state index in [1.54, 1.807) is 21.0 Å². The topological polar surface area (TPSA) is 98.0 Å². The maximum atomic E-state index is 12.7. The first-order valence-electron chi connectivity index (χ1n) is 9.43. The number of nitrogens with one attached hydrogen (secondary N) is 1. The van der Waals surface area contributed by atoms with E-state index in [-0.39, 0.29) is 30.0 Å². The summed E-state index contributed by atoms with van der Waals surface area (Å²) in [6.07, 6.45) is 0.738. The Morgan fingerprint density at radius 1 is 1.43 bits per heavy atom. The standard InChI is InChI=1S/C21H27NO6/c1-11(23)10-22-17(24)8-14-12(2)18-16(26-5)9-15-13(19(18)27-20(14)25)6-7-21(3,4)28-15/h9,11,23H,6-8,10H2,1-5H3,(H,22,24)/t11-/m1/s1. The summed E-state index contributed by atoms with van der Waals surface area (Å²) in [6.45, 7) is 7.53. The highest BCUT2D eigenvalue weighted by Crippen LogP contribution is 2.43. The molecule has 1 aliphatic rings. The zero-order valence-corrected chi connectivity index (χ0v) is 17.0. The Balaban J connectivity index is 2.11. The normalized spacial score (nSPS) is 16.2. The molecule has 0 aliphatic carbocycles. The molecule has 1 aromatic carbocycles. The van der Waals surface area contributed by atoms with Crippen LogP contribution in [0.15, 0.2) is 15.3 Å². The molecule has 0 spiro atoms. The molecule has 152 valence electrons. The largest absolute Gasteiger partial charge is 0.496 e. The number of aliphatic hydroxyl groups is 1. The van der Waals surface area contributed by atoms with Crippen LogP contribution in [0.3, 0.4) is 0 Å². The number of carbonyl (C=O) groups excluding carboxylic acids is 1. The lowest BCUT2D eigenvalue weighted by molar-refractivity contribution is -0.120. The smallest absolute Gasteiger partial charge is 0.340 e. The third kappa shape index (κ3) is 3.85. The molecule has 7 nitrogen and oxygen atoms in total. The van der Waals surface area contributed by atoms with Crippen molar-refractivity contribution in [1.82, 2.24) is 5.32 Å². The second-order valence-corrected chi connectivity index (χ2v) is 7.94. The Morgan fingerprint density at radius 3 is 2.79 bits per heavy atom. The first-order valence-corrected chi connectivity index (χ1v) is 9.43. The highest BCUT2D eigenvalue weighted by atomic mass is 16.5. The van der Waals surface area contributed by atoms with Crippen LogP contribution in [0, 0.1) is 6.92 Å². The van der Waals surface area contributed by atoms with Gasteiger partial charge in [0.25, 0.3) is 0 Å². The molecule has 2 heterocycles. The van der Waals surface area contributed by atoms with Crippen molar-refractivity contribution in [3.8, 4) is 11.5 Å². The molecular weight excluding hydrogens is 362 g/mol. The summed E-state index contributed by atoms with van der Waals surface area (Å²) >= 11 is 0. The number of carbonyl (C=O) groups is 1. The highest BCUT2D eigenvalue weighted by Gasteiger charge is 2.31. The summed E-state index contributed by atoms with van der Waals surface area (Å²) in [5, 5.41) is 12.6. The van der Waals surface area contributed by atoms with E-state index in [9.17, 15) is 14.7 Å². The molecule has 0 unspecified atom stereocenters. The molecule has 0 fully saturated rings. The Kier molecular flexibility index (Phi) is 5.39. The van der Waals surface area contributed by atoms with Crippen LogP contribution in [-0.4, -0.2) is 36.4 Å². The third-order valence-corrected chi connectivity index (χ3v) is 5.09.